The maximum atomic E-state index is 12.3. The number of carbonyl (C=O) groups is 1. The van der Waals surface area contributed by atoms with Crippen molar-refractivity contribution in [3.8, 4) is 0 Å². The van der Waals surface area contributed by atoms with Gasteiger partial charge in [-0.3, -0.25) is 4.79 Å². The molecule has 116 valence electrons. The van der Waals surface area contributed by atoms with E-state index < -0.39 is 0 Å². The van der Waals surface area contributed by atoms with E-state index in [-0.39, 0.29) is 5.91 Å². The Labute approximate surface area is 129 Å². The molecule has 0 aromatic carbocycles. The van der Waals surface area contributed by atoms with Gasteiger partial charge in [0.15, 0.2) is 0 Å². The normalized spacial score (nSPS) is 15.0. The fourth-order valence-corrected chi connectivity index (χ4v) is 2.44. The van der Waals surface area contributed by atoms with Crippen molar-refractivity contribution < 1.29 is 9.21 Å². The molecule has 0 radical (unpaired) electrons. The Balaban J connectivity index is 1.64. The second-order valence-corrected chi connectivity index (χ2v) is 5.40. The summed E-state index contributed by atoms with van der Waals surface area (Å²) in [6, 6.07) is 3.60. The average molecular weight is 301 g/mol. The molecule has 3 heterocycles. The highest BCUT2D eigenvalue weighted by Gasteiger charge is 2.23. The lowest BCUT2D eigenvalue weighted by molar-refractivity contribution is 0.0746. The number of hydrogen-bond acceptors (Lipinski definition) is 6. The van der Waals surface area contributed by atoms with E-state index in [0.717, 1.165) is 18.9 Å². The van der Waals surface area contributed by atoms with Crippen LogP contribution in [0.1, 0.15) is 10.4 Å². The van der Waals surface area contributed by atoms with E-state index in [1.54, 1.807) is 12.3 Å². The van der Waals surface area contributed by atoms with Gasteiger partial charge in [-0.2, -0.15) is 4.98 Å². The zero-order valence-corrected chi connectivity index (χ0v) is 12.8. The number of aromatic nitrogens is 2. The second-order valence-electron chi connectivity index (χ2n) is 5.40. The SMILES string of the molecule is CN(C)c1nccc(N2CCN(C(=O)c3ccoc3)CC2)n1. The van der Waals surface area contributed by atoms with Gasteiger partial charge in [-0.25, -0.2) is 4.98 Å². The summed E-state index contributed by atoms with van der Waals surface area (Å²) < 4.78 is 4.97. The quantitative estimate of drug-likeness (QED) is 0.846. The van der Waals surface area contributed by atoms with Crippen LogP contribution in [0.15, 0.2) is 35.3 Å². The molecule has 0 unspecified atom stereocenters. The first-order valence-electron chi connectivity index (χ1n) is 7.22. The van der Waals surface area contributed by atoms with Crippen LogP contribution in [-0.4, -0.2) is 61.0 Å². The van der Waals surface area contributed by atoms with Crippen molar-refractivity contribution in [3.05, 3.63) is 36.4 Å². The van der Waals surface area contributed by atoms with Crippen LogP contribution in [0, 0.1) is 0 Å². The van der Waals surface area contributed by atoms with E-state index in [1.165, 1.54) is 12.5 Å². The van der Waals surface area contributed by atoms with Crippen LogP contribution in [0.4, 0.5) is 11.8 Å². The summed E-state index contributed by atoms with van der Waals surface area (Å²) in [4.78, 5) is 26.9. The van der Waals surface area contributed by atoms with Crippen molar-refractivity contribution >= 4 is 17.7 Å². The van der Waals surface area contributed by atoms with Crippen LogP contribution in [0.3, 0.4) is 0 Å². The third-order valence-corrected chi connectivity index (χ3v) is 3.69. The van der Waals surface area contributed by atoms with Gasteiger partial charge in [0.1, 0.15) is 12.1 Å². The first-order valence-corrected chi connectivity index (χ1v) is 7.22. The van der Waals surface area contributed by atoms with E-state index in [0.29, 0.717) is 24.6 Å². The van der Waals surface area contributed by atoms with E-state index >= 15 is 0 Å². The number of rotatable bonds is 3. The Hall–Kier alpha value is -2.57. The van der Waals surface area contributed by atoms with E-state index in [4.69, 9.17) is 4.42 Å². The van der Waals surface area contributed by atoms with Gasteiger partial charge in [0.05, 0.1) is 11.8 Å². The molecule has 22 heavy (non-hydrogen) atoms. The van der Waals surface area contributed by atoms with Crippen molar-refractivity contribution in [2.75, 3.05) is 50.1 Å². The molecule has 0 aliphatic carbocycles. The van der Waals surface area contributed by atoms with Gasteiger partial charge in [-0.15, -0.1) is 0 Å². The van der Waals surface area contributed by atoms with Crippen LogP contribution >= 0.6 is 0 Å². The van der Waals surface area contributed by atoms with E-state index in [2.05, 4.69) is 14.9 Å². The summed E-state index contributed by atoms with van der Waals surface area (Å²) in [7, 11) is 3.83. The predicted molar refractivity (Wildman–Crippen MR) is 83.2 cm³/mol. The Morgan fingerprint density at radius 3 is 2.64 bits per heavy atom. The largest absolute Gasteiger partial charge is 0.472 e. The molecule has 0 spiro atoms. The molecule has 2 aromatic heterocycles. The fourth-order valence-electron chi connectivity index (χ4n) is 2.44. The highest BCUT2D eigenvalue weighted by molar-refractivity contribution is 5.94. The molecular formula is C15H19N5O2. The summed E-state index contributed by atoms with van der Waals surface area (Å²) in [5.74, 6) is 1.61. The summed E-state index contributed by atoms with van der Waals surface area (Å²) >= 11 is 0. The number of nitrogens with zero attached hydrogens (tertiary/aromatic N) is 5. The monoisotopic (exact) mass is 301 g/mol. The van der Waals surface area contributed by atoms with E-state index in [1.807, 2.05) is 30.0 Å². The van der Waals surface area contributed by atoms with Crippen LogP contribution < -0.4 is 9.80 Å². The summed E-state index contributed by atoms with van der Waals surface area (Å²) in [6.07, 6.45) is 4.77. The van der Waals surface area contributed by atoms with Gasteiger partial charge >= 0.3 is 0 Å². The molecule has 1 aliphatic heterocycles. The smallest absolute Gasteiger partial charge is 0.257 e. The number of hydrogen-bond donors (Lipinski definition) is 0. The van der Waals surface area contributed by atoms with Gasteiger partial charge in [-0.05, 0) is 12.1 Å². The number of anilines is 2. The molecule has 7 nitrogen and oxygen atoms in total. The van der Waals surface area contributed by atoms with Gasteiger partial charge in [0.25, 0.3) is 5.91 Å². The van der Waals surface area contributed by atoms with Gasteiger partial charge in [-0.1, -0.05) is 0 Å². The summed E-state index contributed by atoms with van der Waals surface area (Å²) in [5.41, 5.74) is 0.602. The average Bonchev–Trinajstić information content (AvgIpc) is 3.09. The number of carbonyl (C=O) groups excluding carboxylic acids is 1. The molecule has 1 aliphatic rings. The van der Waals surface area contributed by atoms with Gasteiger partial charge in [0.2, 0.25) is 5.95 Å². The third kappa shape index (κ3) is 2.88. The molecule has 1 saturated heterocycles. The van der Waals surface area contributed by atoms with Crippen molar-refractivity contribution in [2.24, 2.45) is 0 Å². The molecule has 1 amide bonds. The molecule has 0 N–H and O–H groups in total. The standard InChI is InChI=1S/C15H19N5O2/c1-18(2)15-16-5-3-13(17-15)19-6-8-20(9-7-19)14(21)12-4-10-22-11-12/h3-5,10-11H,6-9H2,1-2H3. The van der Waals surface area contributed by atoms with Crippen molar-refractivity contribution in [1.82, 2.24) is 14.9 Å². The Kier molecular flexibility index (Phi) is 3.95. The minimum atomic E-state index is 0.0186. The zero-order chi connectivity index (χ0) is 15.5. The minimum absolute atomic E-state index is 0.0186. The van der Waals surface area contributed by atoms with E-state index in [9.17, 15) is 4.79 Å². The first-order chi connectivity index (χ1) is 10.6. The van der Waals surface area contributed by atoms with Crippen molar-refractivity contribution in [1.29, 1.82) is 0 Å². The lowest BCUT2D eigenvalue weighted by Crippen LogP contribution is -2.49. The fraction of sp³-hybridized carbons (Fsp3) is 0.400. The van der Waals surface area contributed by atoms with Gasteiger partial charge < -0.3 is 19.1 Å². The highest BCUT2D eigenvalue weighted by Crippen LogP contribution is 2.17. The molecule has 7 heteroatoms. The number of piperazine rings is 1. The van der Waals surface area contributed by atoms with Crippen LogP contribution in [0.2, 0.25) is 0 Å². The molecule has 0 saturated carbocycles. The lowest BCUT2D eigenvalue weighted by Gasteiger charge is -2.35. The molecule has 2 aromatic rings. The minimum Gasteiger partial charge on any atom is -0.472 e. The molecule has 1 fully saturated rings. The third-order valence-electron chi connectivity index (χ3n) is 3.69. The van der Waals surface area contributed by atoms with Crippen LogP contribution in [0.25, 0.3) is 0 Å². The molecule has 0 bridgehead atoms. The first kappa shape index (κ1) is 14.4. The molecule has 3 rings (SSSR count). The maximum Gasteiger partial charge on any atom is 0.257 e. The van der Waals surface area contributed by atoms with Crippen LogP contribution in [-0.2, 0) is 0 Å². The topological polar surface area (TPSA) is 65.7 Å². The van der Waals surface area contributed by atoms with Crippen LogP contribution in [0.5, 0.6) is 0 Å². The molecular weight excluding hydrogens is 282 g/mol. The molecule has 0 atom stereocenters. The number of furan rings is 1. The zero-order valence-electron chi connectivity index (χ0n) is 12.8. The lowest BCUT2D eigenvalue weighted by atomic mass is 10.2. The van der Waals surface area contributed by atoms with Gasteiger partial charge in [0, 0.05) is 46.5 Å². The Morgan fingerprint density at radius 1 is 1.23 bits per heavy atom. The number of amides is 1. The Morgan fingerprint density at radius 2 is 2.00 bits per heavy atom. The highest BCUT2D eigenvalue weighted by atomic mass is 16.3. The summed E-state index contributed by atoms with van der Waals surface area (Å²) in [6.45, 7) is 2.86. The summed E-state index contributed by atoms with van der Waals surface area (Å²) in [5, 5.41) is 0. The second kappa shape index (κ2) is 6.05. The van der Waals surface area contributed by atoms with Crippen molar-refractivity contribution in [3.63, 3.8) is 0 Å². The maximum absolute atomic E-state index is 12.3. The predicted octanol–water partition coefficient (Wildman–Crippen LogP) is 1.10. The van der Waals surface area contributed by atoms with Crippen molar-refractivity contribution in [2.45, 2.75) is 0 Å². The Bertz CT molecular complexity index is 633.